The van der Waals surface area contributed by atoms with Crippen LogP contribution in [-0.4, -0.2) is 39.3 Å². The minimum Gasteiger partial charge on any atom is -0.349 e. The quantitative estimate of drug-likeness (QED) is 0.648. The molecule has 3 aromatic rings. The van der Waals surface area contributed by atoms with Crippen molar-refractivity contribution in [2.75, 3.05) is 6.54 Å². The summed E-state index contributed by atoms with van der Waals surface area (Å²) in [7, 11) is 0. The fourth-order valence-electron chi connectivity index (χ4n) is 3.06. The van der Waals surface area contributed by atoms with Crippen LogP contribution in [0.5, 0.6) is 0 Å². The van der Waals surface area contributed by atoms with Crippen molar-refractivity contribution in [3.8, 4) is 11.5 Å². The summed E-state index contributed by atoms with van der Waals surface area (Å²) in [4.78, 5) is 42.1. The molecule has 1 aromatic heterocycles. The number of imide groups is 1. The minimum atomic E-state index is -0.376. The number of nitrogens with zero attached hydrogens (tertiary/aromatic N) is 3. The zero-order valence-electron chi connectivity index (χ0n) is 15.7. The summed E-state index contributed by atoms with van der Waals surface area (Å²) >= 11 is 0. The van der Waals surface area contributed by atoms with E-state index in [1.165, 1.54) is 0 Å². The third kappa shape index (κ3) is 3.77. The summed E-state index contributed by atoms with van der Waals surface area (Å²) in [6.45, 7) is 2.09. The second-order valence-corrected chi connectivity index (χ2v) is 6.72. The van der Waals surface area contributed by atoms with Crippen molar-refractivity contribution >= 4 is 17.7 Å². The van der Waals surface area contributed by atoms with Crippen LogP contribution in [0.15, 0.2) is 53.1 Å². The number of aryl methyl sites for hydroxylation is 1. The number of carbonyl (C=O) groups is 3. The topological polar surface area (TPSA) is 105 Å². The Morgan fingerprint density at radius 2 is 1.69 bits per heavy atom. The van der Waals surface area contributed by atoms with E-state index >= 15 is 0 Å². The fraction of sp³-hybridized carbons (Fsp3) is 0.190. The van der Waals surface area contributed by atoms with Gasteiger partial charge >= 0.3 is 0 Å². The molecule has 1 N–H and O–H groups in total. The summed E-state index contributed by atoms with van der Waals surface area (Å²) in [5.74, 6) is -0.350. The molecular weight excluding hydrogens is 372 g/mol. The molecule has 0 radical (unpaired) electrons. The van der Waals surface area contributed by atoms with Crippen LogP contribution >= 0.6 is 0 Å². The third-order valence-electron chi connectivity index (χ3n) is 4.65. The van der Waals surface area contributed by atoms with Gasteiger partial charge in [-0.1, -0.05) is 35.0 Å². The van der Waals surface area contributed by atoms with Gasteiger partial charge in [-0.3, -0.25) is 19.3 Å². The van der Waals surface area contributed by atoms with Crippen molar-refractivity contribution in [2.45, 2.75) is 19.9 Å². The Kier molecular flexibility index (Phi) is 4.90. The van der Waals surface area contributed by atoms with Gasteiger partial charge in [0.1, 0.15) is 0 Å². The van der Waals surface area contributed by atoms with Gasteiger partial charge in [0, 0.05) is 18.5 Å². The van der Waals surface area contributed by atoms with Crippen molar-refractivity contribution in [3.63, 3.8) is 0 Å². The lowest BCUT2D eigenvalue weighted by Crippen LogP contribution is -2.34. The molecule has 3 amide bonds. The number of nitrogens with one attached hydrogen (secondary N) is 1. The second kappa shape index (κ2) is 7.67. The van der Waals surface area contributed by atoms with Gasteiger partial charge in [0.15, 0.2) is 5.82 Å². The molecule has 8 nitrogen and oxygen atoms in total. The molecule has 29 heavy (non-hydrogen) atoms. The maximum absolute atomic E-state index is 12.3. The molecule has 1 aliphatic rings. The zero-order chi connectivity index (χ0) is 20.4. The number of carbonyl (C=O) groups excluding carboxylic acids is 3. The van der Waals surface area contributed by atoms with E-state index in [1.807, 2.05) is 31.2 Å². The number of aromatic nitrogens is 2. The second-order valence-electron chi connectivity index (χ2n) is 6.72. The van der Waals surface area contributed by atoms with Crippen molar-refractivity contribution in [1.82, 2.24) is 20.4 Å². The van der Waals surface area contributed by atoms with E-state index in [0.29, 0.717) is 22.8 Å². The lowest BCUT2D eigenvalue weighted by molar-refractivity contribution is -0.121. The Morgan fingerprint density at radius 1 is 1.03 bits per heavy atom. The number of fused-ring (bicyclic) bond motifs is 1. The number of amides is 3. The van der Waals surface area contributed by atoms with Gasteiger partial charge in [-0.05, 0) is 31.2 Å². The van der Waals surface area contributed by atoms with Crippen molar-refractivity contribution in [3.05, 3.63) is 71.0 Å². The summed E-state index contributed by atoms with van der Waals surface area (Å²) in [5, 5.41) is 6.53. The van der Waals surface area contributed by atoms with E-state index in [2.05, 4.69) is 15.5 Å². The number of rotatable bonds is 6. The average Bonchev–Trinajstić information content (AvgIpc) is 3.30. The Balaban J connectivity index is 1.30. The standard InChI is InChI=1S/C21H18N4O4/c1-13-6-8-14(9-7-13)19-23-17(24-29-19)12-22-18(26)10-11-25-20(27)15-4-2-3-5-16(15)21(25)28/h2-9H,10-12H2,1H3,(H,22,26). The summed E-state index contributed by atoms with van der Waals surface area (Å²) in [5.41, 5.74) is 2.66. The Morgan fingerprint density at radius 3 is 2.34 bits per heavy atom. The third-order valence-corrected chi connectivity index (χ3v) is 4.65. The summed E-state index contributed by atoms with van der Waals surface area (Å²) < 4.78 is 5.22. The number of hydrogen-bond acceptors (Lipinski definition) is 6. The predicted molar refractivity (Wildman–Crippen MR) is 103 cm³/mol. The Bertz CT molecular complexity index is 1050. The van der Waals surface area contributed by atoms with E-state index in [1.54, 1.807) is 24.3 Å². The van der Waals surface area contributed by atoms with Crippen LogP contribution in [-0.2, 0) is 11.3 Å². The van der Waals surface area contributed by atoms with E-state index in [-0.39, 0.29) is 37.2 Å². The molecule has 0 fully saturated rings. The van der Waals surface area contributed by atoms with E-state index < -0.39 is 0 Å². The predicted octanol–water partition coefficient (Wildman–Crippen LogP) is 2.35. The Labute approximate surface area is 166 Å². The first-order valence-electron chi connectivity index (χ1n) is 9.14. The monoisotopic (exact) mass is 390 g/mol. The molecule has 1 aliphatic heterocycles. The van der Waals surface area contributed by atoms with Gasteiger partial charge in [0.25, 0.3) is 17.7 Å². The van der Waals surface area contributed by atoms with Gasteiger partial charge in [0.2, 0.25) is 5.91 Å². The van der Waals surface area contributed by atoms with Gasteiger partial charge in [-0.25, -0.2) is 0 Å². The molecule has 146 valence electrons. The molecule has 0 saturated heterocycles. The summed E-state index contributed by atoms with van der Waals surface area (Å²) in [6.07, 6.45) is -0.00581. The molecule has 0 saturated carbocycles. The summed E-state index contributed by atoms with van der Waals surface area (Å²) in [6, 6.07) is 14.3. The highest BCUT2D eigenvalue weighted by atomic mass is 16.5. The highest BCUT2D eigenvalue weighted by Crippen LogP contribution is 2.22. The molecule has 2 aromatic carbocycles. The minimum absolute atomic E-state index is 0.00581. The first-order valence-corrected chi connectivity index (χ1v) is 9.14. The van der Waals surface area contributed by atoms with Gasteiger partial charge in [-0.2, -0.15) is 4.98 Å². The lowest BCUT2D eigenvalue weighted by Gasteiger charge is -2.13. The SMILES string of the molecule is Cc1ccc(-c2nc(CNC(=O)CCN3C(=O)c4ccccc4C3=O)no2)cc1. The molecule has 0 bridgehead atoms. The van der Waals surface area contributed by atoms with Crippen LogP contribution < -0.4 is 5.32 Å². The zero-order valence-corrected chi connectivity index (χ0v) is 15.7. The largest absolute Gasteiger partial charge is 0.349 e. The molecule has 0 unspecified atom stereocenters. The van der Waals surface area contributed by atoms with Crippen LogP contribution in [0.3, 0.4) is 0 Å². The van der Waals surface area contributed by atoms with Gasteiger partial charge in [0.05, 0.1) is 17.7 Å². The van der Waals surface area contributed by atoms with Crippen molar-refractivity contribution in [2.24, 2.45) is 0 Å². The molecule has 2 heterocycles. The smallest absolute Gasteiger partial charge is 0.261 e. The molecule has 0 atom stereocenters. The van der Waals surface area contributed by atoms with Gasteiger partial charge in [-0.15, -0.1) is 0 Å². The van der Waals surface area contributed by atoms with E-state index in [4.69, 9.17) is 4.52 Å². The number of hydrogen-bond donors (Lipinski definition) is 1. The van der Waals surface area contributed by atoms with Crippen LogP contribution in [0.1, 0.15) is 38.5 Å². The molecule has 0 spiro atoms. The van der Waals surface area contributed by atoms with Crippen LogP contribution in [0.25, 0.3) is 11.5 Å². The molecule has 0 aliphatic carbocycles. The molecular formula is C21H18N4O4. The van der Waals surface area contributed by atoms with E-state index in [9.17, 15) is 14.4 Å². The van der Waals surface area contributed by atoms with E-state index in [0.717, 1.165) is 16.0 Å². The molecule has 8 heteroatoms. The van der Waals surface area contributed by atoms with Gasteiger partial charge < -0.3 is 9.84 Å². The number of benzene rings is 2. The maximum Gasteiger partial charge on any atom is 0.261 e. The lowest BCUT2D eigenvalue weighted by atomic mass is 10.1. The maximum atomic E-state index is 12.3. The Hall–Kier alpha value is -3.81. The van der Waals surface area contributed by atoms with Crippen molar-refractivity contribution < 1.29 is 18.9 Å². The first kappa shape index (κ1) is 18.5. The first-order chi connectivity index (χ1) is 14.0. The fourth-order valence-corrected chi connectivity index (χ4v) is 3.06. The highest BCUT2D eigenvalue weighted by Gasteiger charge is 2.34. The normalized spacial score (nSPS) is 12.9. The van der Waals surface area contributed by atoms with Crippen molar-refractivity contribution in [1.29, 1.82) is 0 Å². The van der Waals surface area contributed by atoms with Crippen LogP contribution in [0, 0.1) is 6.92 Å². The highest BCUT2D eigenvalue weighted by molar-refractivity contribution is 6.21. The van der Waals surface area contributed by atoms with Crippen LogP contribution in [0.4, 0.5) is 0 Å². The molecule has 4 rings (SSSR count). The average molecular weight is 390 g/mol. The van der Waals surface area contributed by atoms with Crippen LogP contribution in [0.2, 0.25) is 0 Å².